The summed E-state index contributed by atoms with van der Waals surface area (Å²) in [6.07, 6.45) is 3.55. The van der Waals surface area contributed by atoms with Gasteiger partial charge in [0.2, 0.25) is 10.0 Å². The Hall–Kier alpha value is -1.81. The molecule has 2 aromatic rings. The summed E-state index contributed by atoms with van der Waals surface area (Å²) >= 11 is 6.40. The molecule has 1 aliphatic rings. The van der Waals surface area contributed by atoms with Crippen molar-refractivity contribution in [2.24, 2.45) is 5.92 Å². The number of nitrogens with zero attached hydrogens (tertiary/aromatic N) is 2. The molecule has 164 valence electrons. The van der Waals surface area contributed by atoms with Crippen molar-refractivity contribution in [2.45, 2.75) is 29.1 Å². The third-order valence-electron chi connectivity index (χ3n) is 5.28. The molecular formula is C20H26ClN3O4S2. The lowest BCUT2D eigenvalue weighted by atomic mass is 9.85. The van der Waals surface area contributed by atoms with Gasteiger partial charge in [-0.25, -0.2) is 21.1 Å². The maximum atomic E-state index is 12.9. The highest BCUT2D eigenvalue weighted by Gasteiger charge is 2.24. The molecule has 0 aromatic heterocycles. The maximum absolute atomic E-state index is 12.9. The summed E-state index contributed by atoms with van der Waals surface area (Å²) in [6.45, 7) is 0.801. The van der Waals surface area contributed by atoms with E-state index in [-0.39, 0.29) is 9.79 Å². The Labute approximate surface area is 183 Å². The van der Waals surface area contributed by atoms with Gasteiger partial charge in [-0.15, -0.1) is 0 Å². The third kappa shape index (κ3) is 4.74. The molecule has 0 radical (unpaired) electrons. The molecule has 0 saturated heterocycles. The Kier molecular flexibility index (Phi) is 6.66. The van der Waals surface area contributed by atoms with Crippen molar-refractivity contribution < 1.29 is 16.8 Å². The first-order chi connectivity index (χ1) is 14.0. The molecule has 2 aromatic carbocycles. The molecule has 0 amide bonds. The van der Waals surface area contributed by atoms with E-state index in [0.717, 1.165) is 23.7 Å². The number of para-hydroxylation sites is 1. The van der Waals surface area contributed by atoms with Gasteiger partial charge >= 0.3 is 0 Å². The van der Waals surface area contributed by atoms with Crippen molar-refractivity contribution in [3.63, 3.8) is 0 Å². The van der Waals surface area contributed by atoms with Crippen LogP contribution in [0.4, 0.5) is 11.4 Å². The predicted octanol–water partition coefficient (Wildman–Crippen LogP) is 3.63. The molecule has 3 rings (SSSR count). The summed E-state index contributed by atoms with van der Waals surface area (Å²) in [5.41, 5.74) is 1.01. The van der Waals surface area contributed by atoms with Gasteiger partial charge < -0.3 is 4.90 Å². The molecule has 10 heteroatoms. The zero-order valence-corrected chi connectivity index (χ0v) is 19.6. The van der Waals surface area contributed by atoms with E-state index in [9.17, 15) is 16.8 Å². The molecule has 0 heterocycles. The summed E-state index contributed by atoms with van der Waals surface area (Å²) in [4.78, 5) is 1.97. The molecule has 0 atom stereocenters. The van der Waals surface area contributed by atoms with E-state index in [1.165, 1.54) is 44.8 Å². The van der Waals surface area contributed by atoms with Crippen LogP contribution in [0.5, 0.6) is 0 Å². The highest BCUT2D eigenvalue weighted by atomic mass is 35.5. The smallest absolute Gasteiger partial charge is 0.261 e. The van der Waals surface area contributed by atoms with Crippen molar-refractivity contribution in [1.29, 1.82) is 0 Å². The molecular weight excluding hydrogens is 446 g/mol. The summed E-state index contributed by atoms with van der Waals surface area (Å²) in [6, 6.07) is 10.2. The zero-order valence-electron chi connectivity index (χ0n) is 17.2. The number of hydrogen-bond acceptors (Lipinski definition) is 5. The van der Waals surface area contributed by atoms with E-state index in [0.29, 0.717) is 22.3 Å². The Morgan fingerprint density at radius 3 is 2.10 bits per heavy atom. The normalized spacial score (nSPS) is 15.1. The van der Waals surface area contributed by atoms with Crippen LogP contribution >= 0.6 is 11.6 Å². The van der Waals surface area contributed by atoms with Gasteiger partial charge in [0, 0.05) is 27.7 Å². The first-order valence-electron chi connectivity index (χ1n) is 9.57. The fraction of sp³-hybridized carbons (Fsp3) is 0.400. The quantitative estimate of drug-likeness (QED) is 0.635. The summed E-state index contributed by atoms with van der Waals surface area (Å²) in [5, 5.41) is 0.462. The second-order valence-electron chi connectivity index (χ2n) is 7.68. The first kappa shape index (κ1) is 22.9. The Balaban J connectivity index is 1.87. The number of halogens is 1. The summed E-state index contributed by atoms with van der Waals surface area (Å²) in [5.74, 6) is 0.585. The molecule has 7 nitrogen and oxygen atoms in total. The van der Waals surface area contributed by atoms with Gasteiger partial charge in [-0.05, 0) is 55.2 Å². The van der Waals surface area contributed by atoms with Crippen molar-refractivity contribution in [1.82, 2.24) is 4.31 Å². The van der Waals surface area contributed by atoms with Crippen LogP contribution in [0.3, 0.4) is 0 Å². The van der Waals surface area contributed by atoms with Crippen molar-refractivity contribution in [2.75, 3.05) is 37.3 Å². The van der Waals surface area contributed by atoms with Crippen LogP contribution in [-0.2, 0) is 20.0 Å². The third-order valence-corrected chi connectivity index (χ3v) is 8.80. The number of anilines is 2. The average molecular weight is 472 g/mol. The Bertz CT molecular complexity index is 1110. The van der Waals surface area contributed by atoms with Crippen LogP contribution in [0.25, 0.3) is 0 Å². The van der Waals surface area contributed by atoms with Gasteiger partial charge in [0.25, 0.3) is 10.0 Å². The molecule has 0 spiro atoms. The average Bonchev–Trinajstić information content (AvgIpc) is 2.64. The molecule has 0 unspecified atom stereocenters. The SMILES string of the molecule is CN(CC1CCC1)c1c(Cl)cccc1NS(=O)(=O)c1ccc(S(=O)(=O)N(C)C)cc1. The van der Waals surface area contributed by atoms with Crippen LogP contribution in [-0.4, -0.2) is 48.8 Å². The summed E-state index contributed by atoms with van der Waals surface area (Å²) in [7, 11) is -2.83. The van der Waals surface area contributed by atoms with Crippen LogP contribution in [0, 0.1) is 5.92 Å². The Morgan fingerprint density at radius 2 is 1.57 bits per heavy atom. The number of rotatable bonds is 8. The standard InChI is InChI=1S/C20H26ClN3O4S2/c1-23(2)30(27,28)17-12-10-16(11-13-17)29(25,26)22-19-9-5-8-18(21)20(19)24(3)14-15-6-4-7-15/h5,8-13,15,22H,4,6-7,14H2,1-3H3. The van der Waals surface area contributed by atoms with Crippen LogP contribution < -0.4 is 9.62 Å². The van der Waals surface area contributed by atoms with Crippen molar-refractivity contribution in [3.8, 4) is 0 Å². The lowest BCUT2D eigenvalue weighted by Crippen LogP contribution is -2.30. The largest absolute Gasteiger partial charge is 0.371 e. The minimum absolute atomic E-state index is 0.0233. The number of sulfonamides is 2. The minimum Gasteiger partial charge on any atom is -0.371 e. The second kappa shape index (κ2) is 8.74. The highest BCUT2D eigenvalue weighted by molar-refractivity contribution is 7.92. The van der Waals surface area contributed by atoms with Crippen LogP contribution in [0.15, 0.2) is 52.3 Å². The minimum atomic E-state index is -3.93. The van der Waals surface area contributed by atoms with E-state index in [1.807, 2.05) is 11.9 Å². The van der Waals surface area contributed by atoms with Crippen molar-refractivity contribution >= 4 is 43.0 Å². The monoisotopic (exact) mass is 471 g/mol. The maximum Gasteiger partial charge on any atom is 0.261 e. The zero-order chi connectivity index (χ0) is 22.1. The number of nitrogens with one attached hydrogen (secondary N) is 1. The van der Waals surface area contributed by atoms with Gasteiger partial charge in [0.15, 0.2) is 0 Å². The molecule has 1 N–H and O–H groups in total. The van der Waals surface area contributed by atoms with E-state index >= 15 is 0 Å². The number of benzene rings is 2. The molecule has 30 heavy (non-hydrogen) atoms. The summed E-state index contributed by atoms with van der Waals surface area (Å²) < 4.78 is 54.0. The van der Waals surface area contributed by atoms with E-state index in [1.54, 1.807) is 18.2 Å². The van der Waals surface area contributed by atoms with Crippen molar-refractivity contribution in [3.05, 3.63) is 47.5 Å². The molecule has 0 aliphatic heterocycles. The lowest BCUT2D eigenvalue weighted by molar-refractivity contribution is 0.321. The second-order valence-corrected chi connectivity index (χ2v) is 11.9. The van der Waals surface area contributed by atoms with Crippen LogP contribution in [0.2, 0.25) is 5.02 Å². The van der Waals surface area contributed by atoms with E-state index < -0.39 is 20.0 Å². The molecule has 1 aliphatic carbocycles. The topological polar surface area (TPSA) is 86.8 Å². The van der Waals surface area contributed by atoms with Gasteiger partial charge in [-0.2, -0.15) is 0 Å². The lowest BCUT2D eigenvalue weighted by Gasteiger charge is -2.32. The van der Waals surface area contributed by atoms with Crippen LogP contribution in [0.1, 0.15) is 19.3 Å². The first-order valence-corrected chi connectivity index (χ1v) is 12.9. The highest BCUT2D eigenvalue weighted by Crippen LogP contribution is 2.37. The molecule has 1 saturated carbocycles. The fourth-order valence-corrected chi connectivity index (χ4v) is 5.63. The van der Waals surface area contributed by atoms with E-state index in [2.05, 4.69) is 4.72 Å². The van der Waals surface area contributed by atoms with Gasteiger partial charge in [0.05, 0.1) is 26.2 Å². The molecule has 1 fully saturated rings. The predicted molar refractivity (Wildman–Crippen MR) is 120 cm³/mol. The van der Waals surface area contributed by atoms with Gasteiger partial charge in [0.1, 0.15) is 0 Å². The Morgan fingerprint density at radius 1 is 0.967 bits per heavy atom. The van der Waals surface area contributed by atoms with E-state index in [4.69, 9.17) is 11.6 Å². The number of hydrogen-bond donors (Lipinski definition) is 1. The van der Waals surface area contributed by atoms with Gasteiger partial charge in [-0.3, -0.25) is 4.72 Å². The molecule has 0 bridgehead atoms. The van der Waals surface area contributed by atoms with Gasteiger partial charge in [-0.1, -0.05) is 24.1 Å². The fourth-order valence-electron chi connectivity index (χ4n) is 3.34.